The topological polar surface area (TPSA) is 17.0 Å². The first kappa shape index (κ1) is 40.9. The lowest BCUT2D eigenvalue weighted by molar-refractivity contribution is 0.332. The summed E-state index contributed by atoms with van der Waals surface area (Å²) in [7, 11) is 0.856. The summed E-state index contributed by atoms with van der Waals surface area (Å²) in [6.07, 6.45) is 2.33. The van der Waals surface area contributed by atoms with Crippen molar-refractivity contribution in [2.75, 3.05) is 5.32 Å². The van der Waals surface area contributed by atoms with E-state index in [2.05, 4.69) is 208 Å². The van der Waals surface area contributed by atoms with Crippen LogP contribution in [0.5, 0.6) is 0 Å². The van der Waals surface area contributed by atoms with E-state index in [4.69, 9.17) is 0 Å². The van der Waals surface area contributed by atoms with Gasteiger partial charge in [-0.3, -0.25) is 0 Å². The van der Waals surface area contributed by atoms with Gasteiger partial charge in [-0.25, -0.2) is 0 Å². The number of fused-ring (bicyclic) bond motifs is 13. The minimum absolute atomic E-state index is 0.00817. The third-order valence-electron chi connectivity index (χ3n) is 16.2. The Hall–Kier alpha value is -5.58. The van der Waals surface area contributed by atoms with Gasteiger partial charge in [0.15, 0.2) is 7.28 Å². The summed E-state index contributed by atoms with van der Waals surface area (Å²) in [6, 6.07) is 45.3. The summed E-state index contributed by atoms with van der Waals surface area (Å²) < 4.78 is 5.43. The molecule has 65 heavy (non-hydrogen) atoms. The highest BCUT2D eigenvalue weighted by atomic mass is 32.1. The molecule has 0 fully saturated rings. The fourth-order valence-corrected chi connectivity index (χ4v) is 13.5. The smallest absolute Gasteiger partial charge is 0.198 e. The molecule has 2 aromatic heterocycles. The molecule has 12 rings (SSSR count). The predicted molar refractivity (Wildman–Crippen MR) is 285 cm³/mol. The molecule has 324 valence electrons. The van der Waals surface area contributed by atoms with Gasteiger partial charge in [0.25, 0.3) is 0 Å². The van der Waals surface area contributed by atoms with Crippen LogP contribution in [0.2, 0.25) is 0 Å². The Labute approximate surface area is 390 Å². The van der Waals surface area contributed by atoms with Crippen LogP contribution in [0.1, 0.15) is 129 Å². The standard InChI is InChI=1S/C61H61BN2S/c1-57(2,3)34-21-24-36(25-22-34)63-47-33-45-44(59(7,8)27-28-60(45,9)10)30-40(47)51-52-38-18-14-16-20-50(38)65-56(52)53-41-29-35(58(4,5)6)23-26-48(41)64-49-31-39-37-17-13-15-19-42(37)61(11,12)43(39)32-46(49)62-54(51)55(53)64/h13-26,29-33,62-63H,27-28H2,1-12H3. The lowest BCUT2D eigenvalue weighted by Gasteiger charge is -2.42. The van der Waals surface area contributed by atoms with Crippen molar-refractivity contribution in [3.05, 3.63) is 149 Å². The van der Waals surface area contributed by atoms with E-state index in [1.54, 1.807) is 0 Å². The number of thiophene rings is 1. The van der Waals surface area contributed by atoms with Gasteiger partial charge in [-0.2, -0.15) is 0 Å². The van der Waals surface area contributed by atoms with E-state index in [9.17, 15) is 0 Å². The van der Waals surface area contributed by atoms with Gasteiger partial charge in [-0.1, -0.05) is 155 Å². The average molecular weight is 865 g/mol. The van der Waals surface area contributed by atoms with Gasteiger partial charge < -0.3 is 9.88 Å². The molecule has 3 aliphatic rings. The van der Waals surface area contributed by atoms with Gasteiger partial charge in [0.1, 0.15) is 0 Å². The highest BCUT2D eigenvalue weighted by molar-refractivity contribution is 7.27. The molecule has 7 aromatic carbocycles. The molecule has 0 saturated carbocycles. The van der Waals surface area contributed by atoms with Crippen LogP contribution in [0.3, 0.4) is 0 Å². The lowest BCUT2D eigenvalue weighted by Crippen LogP contribution is -2.38. The van der Waals surface area contributed by atoms with Crippen molar-refractivity contribution >= 4 is 82.9 Å². The van der Waals surface area contributed by atoms with E-state index >= 15 is 0 Å². The Kier molecular flexibility index (Phi) is 8.36. The van der Waals surface area contributed by atoms with Crippen molar-refractivity contribution in [1.82, 2.24) is 4.57 Å². The fourth-order valence-electron chi connectivity index (χ4n) is 12.2. The summed E-state index contributed by atoms with van der Waals surface area (Å²) in [5.74, 6) is 0. The third-order valence-corrected chi connectivity index (χ3v) is 17.4. The van der Waals surface area contributed by atoms with Crippen LogP contribution in [0.15, 0.2) is 115 Å². The van der Waals surface area contributed by atoms with E-state index in [0.29, 0.717) is 0 Å². The molecule has 1 N–H and O–H groups in total. The van der Waals surface area contributed by atoms with Gasteiger partial charge >= 0.3 is 0 Å². The summed E-state index contributed by atoms with van der Waals surface area (Å²) in [5, 5.41) is 9.63. The SMILES string of the molecule is CC(C)(C)c1ccc(Nc2cc3c(cc2-c2c4c5c(c6cc(C(C)(C)C)ccc6n5-c5cc6c(cc5B4)C(C)(C)c4ccccc4-6)c4sc5ccccc5c24)C(C)(C)CCC3(C)C)cc1. The lowest BCUT2D eigenvalue weighted by atomic mass is 9.57. The van der Waals surface area contributed by atoms with Crippen LogP contribution in [-0.2, 0) is 27.1 Å². The molecule has 2 nitrogen and oxygen atoms in total. The minimum atomic E-state index is -0.0935. The molecule has 2 aliphatic carbocycles. The molecule has 0 atom stereocenters. The number of benzene rings is 7. The molecular formula is C61H61BN2S. The van der Waals surface area contributed by atoms with Crippen molar-refractivity contribution in [2.45, 2.75) is 123 Å². The Morgan fingerprint density at radius 3 is 1.97 bits per heavy atom. The summed E-state index contributed by atoms with van der Waals surface area (Å²) in [5.41, 5.74) is 23.2. The maximum Gasteiger partial charge on any atom is 0.198 e. The number of hydrogen-bond acceptors (Lipinski definition) is 2. The largest absolute Gasteiger partial charge is 0.355 e. The molecule has 3 heterocycles. The second kappa shape index (κ2) is 13.3. The second-order valence-corrected chi connectivity index (χ2v) is 24.8. The molecule has 0 bridgehead atoms. The summed E-state index contributed by atoms with van der Waals surface area (Å²) in [6.45, 7) is 28.7. The normalized spacial score (nSPS) is 16.7. The van der Waals surface area contributed by atoms with Crippen LogP contribution in [0.4, 0.5) is 11.4 Å². The maximum absolute atomic E-state index is 4.12. The molecule has 0 spiro atoms. The van der Waals surface area contributed by atoms with Crippen molar-refractivity contribution < 1.29 is 0 Å². The molecule has 9 aromatic rings. The van der Waals surface area contributed by atoms with E-state index in [1.807, 2.05) is 11.3 Å². The van der Waals surface area contributed by atoms with Crippen molar-refractivity contribution in [3.63, 3.8) is 0 Å². The van der Waals surface area contributed by atoms with Crippen LogP contribution in [0.25, 0.3) is 69.9 Å². The Bertz CT molecular complexity index is 3520. The summed E-state index contributed by atoms with van der Waals surface area (Å²) >= 11 is 1.98. The number of hydrogen-bond donors (Lipinski definition) is 1. The first-order chi connectivity index (χ1) is 30.7. The number of aromatic nitrogens is 1. The first-order valence-corrected chi connectivity index (χ1v) is 24.8. The zero-order chi connectivity index (χ0) is 45.3. The third kappa shape index (κ3) is 5.84. The number of nitrogens with one attached hydrogen (secondary N) is 1. The highest BCUT2D eigenvalue weighted by Gasteiger charge is 2.41. The number of rotatable bonds is 3. The minimum Gasteiger partial charge on any atom is -0.355 e. The average Bonchev–Trinajstić information content (AvgIpc) is 3.88. The molecule has 4 heteroatoms. The van der Waals surface area contributed by atoms with Gasteiger partial charge in [0.2, 0.25) is 0 Å². The first-order valence-electron chi connectivity index (χ1n) is 24.0. The van der Waals surface area contributed by atoms with Crippen LogP contribution in [0, 0.1) is 0 Å². The quantitative estimate of drug-likeness (QED) is 0.175. The highest BCUT2D eigenvalue weighted by Crippen LogP contribution is 2.54. The zero-order valence-electron chi connectivity index (χ0n) is 40.4. The van der Waals surface area contributed by atoms with Crippen LogP contribution < -0.4 is 16.2 Å². The Balaban J connectivity index is 1.25. The fraction of sp³-hybridized carbons (Fsp3) is 0.311. The van der Waals surface area contributed by atoms with E-state index < -0.39 is 0 Å². The molecule has 0 radical (unpaired) electrons. The van der Waals surface area contributed by atoms with Gasteiger partial charge in [0.05, 0.1) is 11.0 Å². The Morgan fingerprint density at radius 1 is 0.585 bits per heavy atom. The van der Waals surface area contributed by atoms with Gasteiger partial charge in [-0.05, 0) is 139 Å². The second-order valence-electron chi connectivity index (χ2n) is 23.7. The van der Waals surface area contributed by atoms with Crippen molar-refractivity contribution in [3.8, 4) is 27.9 Å². The maximum atomic E-state index is 4.12. The Morgan fingerprint density at radius 2 is 1.25 bits per heavy atom. The predicted octanol–water partition coefficient (Wildman–Crippen LogP) is 15.5. The molecular weight excluding hydrogens is 804 g/mol. The zero-order valence-corrected chi connectivity index (χ0v) is 41.3. The molecule has 1 aliphatic heterocycles. The van der Waals surface area contributed by atoms with Gasteiger partial charge in [0, 0.05) is 59.0 Å². The van der Waals surface area contributed by atoms with Crippen molar-refractivity contribution in [2.24, 2.45) is 0 Å². The van der Waals surface area contributed by atoms with E-state index in [1.165, 1.54) is 126 Å². The van der Waals surface area contributed by atoms with E-state index in [0.717, 1.165) is 19.4 Å². The van der Waals surface area contributed by atoms with Crippen LogP contribution >= 0.6 is 11.3 Å². The molecule has 0 amide bonds. The summed E-state index contributed by atoms with van der Waals surface area (Å²) in [4.78, 5) is 0. The monoisotopic (exact) mass is 864 g/mol. The van der Waals surface area contributed by atoms with Crippen molar-refractivity contribution in [1.29, 1.82) is 0 Å². The molecule has 0 saturated heterocycles. The van der Waals surface area contributed by atoms with E-state index in [-0.39, 0.29) is 27.1 Å². The number of nitrogens with zero attached hydrogens (tertiary/aromatic N) is 1. The molecule has 0 unspecified atom stereocenters. The van der Waals surface area contributed by atoms with Crippen LogP contribution in [-0.4, -0.2) is 11.8 Å². The number of anilines is 2. The van der Waals surface area contributed by atoms with Gasteiger partial charge in [-0.15, -0.1) is 11.3 Å².